The minimum absolute atomic E-state index is 0.466. The van der Waals surface area contributed by atoms with Crippen molar-refractivity contribution in [3.63, 3.8) is 0 Å². The molecule has 2 aliphatic rings. The van der Waals surface area contributed by atoms with E-state index in [1.165, 1.54) is 0 Å². The first kappa shape index (κ1) is 42.0. The molecule has 2 saturated heterocycles. The van der Waals surface area contributed by atoms with Crippen molar-refractivity contribution in [3.05, 3.63) is 0 Å². The van der Waals surface area contributed by atoms with Crippen LogP contribution in [-0.4, -0.2) is 79.3 Å². The van der Waals surface area contributed by atoms with Crippen molar-refractivity contribution in [2.45, 2.75) is 157 Å². The molecule has 0 aromatic rings. The van der Waals surface area contributed by atoms with Crippen LogP contribution < -0.4 is 0 Å². The van der Waals surface area contributed by atoms with Crippen LogP contribution in [0.15, 0.2) is 0 Å². The van der Waals surface area contributed by atoms with E-state index in [-0.39, 0.29) is 0 Å². The fraction of sp³-hybridized carbons (Fsp3) is 1.00. The predicted octanol–water partition coefficient (Wildman–Crippen LogP) is 8.15. The van der Waals surface area contributed by atoms with E-state index in [2.05, 4.69) is 55.4 Å². The zero-order chi connectivity index (χ0) is 33.5. The summed E-state index contributed by atoms with van der Waals surface area (Å²) in [6.07, 6.45) is 7.50. The lowest BCUT2D eigenvalue weighted by atomic mass is 10.4. The van der Waals surface area contributed by atoms with Crippen LogP contribution in [0.1, 0.15) is 121 Å². The maximum absolute atomic E-state index is 7.31. The molecule has 0 aromatic carbocycles. The molecule has 0 N–H and O–H groups in total. The normalized spacial score (nSPS) is 35.9. The summed E-state index contributed by atoms with van der Waals surface area (Å²) in [5.41, 5.74) is 0. The minimum Gasteiger partial charge on any atom is -0.374 e. The van der Waals surface area contributed by atoms with Gasteiger partial charge >= 0.3 is 52.8 Å². The van der Waals surface area contributed by atoms with Gasteiger partial charge in [0, 0.05) is 62.7 Å². The fourth-order valence-electron chi connectivity index (χ4n) is 5.01. The topological polar surface area (TPSA) is 102 Å². The van der Waals surface area contributed by atoms with Gasteiger partial charge in [0.15, 0.2) is 0 Å². The van der Waals surface area contributed by atoms with Gasteiger partial charge in [-0.15, -0.1) is 0 Å². The molecule has 2 bridgehead atoms. The zero-order valence-corrected chi connectivity index (χ0v) is 36.2. The summed E-state index contributed by atoms with van der Waals surface area (Å²) in [7, 11) is -21.1. The van der Waals surface area contributed by atoms with Gasteiger partial charge in [0.2, 0.25) is 0 Å². The van der Waals surface area contributed by atoms with Gasteiger partial charge in [0.25, 0.3) is 0 Å². The number of fused-ring (bicyclic) bond motifs is 2. The molecule has 0 spiro atoms. The van der Waals surface area contributed by atoms with E-state index in [9.17, 15) is 0 Å². The van der Waals surface area contributed by atoms with E-state index < -0.39 is 52.8 Å². The molecule has 268 valence electrons. The lowest BCUT2D eigenvalue weighted by Crippen LogP contribution is -2.78. The molecular formula is C28H66O11Si6. The molecule has 2 heterocycles. The molecule has 2 aliphatic heterocycles. The number of hydrogen-bond donors (Lipinski definition) is 0. The van der Waals surface area contributed by atoms with Crippen LogP contribution in [0.5, 0.6) is 0 Å². The number of hydrogen-bond acceptors (Lipinski definition) is 11. The van der Waals surface area contributed by atoms with Crippen molar-refractivity contribution >= 4 is 52.8 Å². The van der Waals surface area contributed by atoms with Gasteiger partial charge in [-0.2, -0.15) is 0 Å². The quantitative estimate of drug-likeness (QED) is 0.0793. The Bertz CT molecular complexity index is 722. The van der Waals surface area contributed by atoms with Gasteiger partial charge in [-0.1, -0.05) is 94.9 Å². The molecule has 45 heavy (non-hydrogen) atoms. The summed E-state index contributed by atoms with van der Waals surface area (Å²) < 4.78 is 77.3. The summed E-state index contributed by atoms with van der Waals surface area (Å²) in [4.78, 5) is 0. The van der Waals surface area contributed by atoms with Gasteiger partial charge < -0.3 is 46.5 Å². The molecule has 17 heteroatoms. The molecular weight excluding hydrogens is 681 g/mol. The Kier molecular flexibility index (Phi) is 18.6. The third-order valence-corrected chi connectivity index (χ3v) is 33.2. The number of rotatable bonds is 22. The molecule has 4 atom stereocenters. The minimum atomic E-state index is -3.66. The molecule has 2 fully saturated rings. The van der Waals surface area contributed by atoms with E-state index in [4.69, 9.17) is 46.5 Å². The SMILES string of the molecule is CCCCO[Si]1(CC)O[Si](CC)(OCCCC)O[Si]2(CC)O[Si](CC)(OCCCC)O[Si](CC)(OCCCC)O[Si](CC)(O1)O2. The van der Waals surface area contributed by atoms with Crippen molar-refractivity contribution in [2.75, 3.05) is 26.4 Å². The van der Waals surface area contributed by atoms with Crippen LogP contribution in [0.2, 0.25) is 36.3 Å². The lowest BCUT2D eigenvalue weighted by molar-refractivity contribution is 0.000827. The van der Waals surface area contributed by atoms with Crippen LogP contribution in [-0.2, 0) is 46.5 Å². The summed E-state index contributed by atoms with van der Waals surface area (Å²) >= 11 is 0. The van der Waals surface area contributed by atoms with E-state index in [0.29, 0.717) is 62.7 Å². The predicted molar refractivity (Wildman–Crippen MR) is 188 cm³/mol. The van der Waals surface area contributed by atoms with Crippen LogP contribution in [0.4, 0.5) is 0 Å². The summed E-state index contributed by atoms with van der Waals surface area (Å²) in [6.45, 7) is 22.9. The molecule has 0 saturated carbocycles. The molecule has 2 rings (SSSR count). The Morgan fingerprint density at radius 2 is 0.556 bits per heavy atom. The van der Waals surface area contributed by atoms with Crippen molar-refractivity contribution in [1.82, 2.24) is 0 Å². The van der Waals surface area contributed by atoms with Crippen LogP contribution in [0.3, 0.4) is 0 Å². The van der Waals surface area contributed by atoms with Gasteiger partial charge in [-0.25, -0.2) is 0 Å². The van der Waals surface area contributed by atoms with E-state index >= 15 is 0 Å². The van der Waals surface area contributed by atoms with Gasteiger partial charge in [0.1, 0.15) is 0 Å². The highest BCUT2D eigenvalue weighted by atomic mass is 28.6. The van der Waals surface area contributed by atoms with Crippen LogP contribution in [0, 0.1) is 0 Å². The Labute approximate surface area is 281 Å². The second-order valence-corrected chi connectivity index (χ2v) is 31.1. The second-order valence-electron chi connectivity index (χ2n) is 11.7. The van der Waals surface area contributed by atoms with Crippen LogP contribution in [0.25, 0.3) is 0 Å². The van der Waals surface area contributed by atoms with Gasteiger partial charge in [0.05, 0.1) is 0 Å². The first-order chi connectivity index (χ1) is 21.6. The molecule has 0 aliphatic carbocycles. The first-order valence-electron chi connectivity index (χ1n) is 18.0. The zero-order valence-electron chi connectivity index (χ0n) is 30.2. The average Bonchev–Trinajstić information content (AvgIpc) is 3.03. The highest BCUT2D eigenvalue weighted by molar-refractivity contribution is 6.95. The largest absolute Gasteiger partial charge is 0.485 e. The monoisotopic (exact) mass is 746 g/mol. The van der Waals surface area contributed by atoms with Gasteiger partial charge in [-0.05, 0) is 25.7 Å². The fourth-order valence-corrected chi connectivity index (χ4v) is 36.3. The van der Waals surface area contributed by atoms with Gasteiger partial charge in [-0.3, -0.25) is 0 Å². The highest BCUT2D eigenvalue weighted by Crippen LogP contribution is 2.44. The van der Waals surface area contributed by atoms with Crippen molar-refractivity contribution in [1.29, 1.82) is 0 Å². The van der Waals surface area contributed by atoms with E-state index in [1.807, 2.05) is 13.8 Å². The van der Waals surface area contributed by atoms with Crippen molar-refractivity contribution < 1.29 is 46.5 Å². The third kappa shape index (κ3) is 11.4. The average molecular weight is 747 g/mol. The third-order valence-electron chi connectivity index (χ3n) is 8.05. The van der Waals surface area contributed by atoms with Crippen LogP contribution >= 0.6 is 0 Å². The summed E-state index contributed by atoms with van der Waals surface area (Å²) in [5.74, 6) is 0. The number of unbranched alkanes of at least 4 members (excludes halogenated alkanes) is 4. The molecule has 4 unspecified atom stereocenters. The standard InChI is InChI=1S/C28H66O11Si6/c1-11-21-25-29-40(15-5)33-41(16-6,30-26-22-12-2)36-45(20-10)38-43(18-8,32-28-24-14-4)34-42(17-7,31-27-23-13-3)37-44(19-9,35-40)39-45/h11-28H2,1-10H3. The Morgan fingerprint density at radius 3 is 0.733 bits per heavy atom. The maximum atomic E-state index is 7.31. The van der Waals surface area contributed by atoms with Crippen molar-refractivity contribution in [2.24, 2.45) is 0 Å². The Hall–Kier alpha value is 0.861. The first-order valence-corrected chi connectivity index (χ1v) is 29.6. The lowest BCUT2D eigenvalue weighted by Gasteiger charge is -2.54. The van der Waals surface area contributed by atoms with Crippen molar-refractivity contribution in [3.8, 4) is 0 Å². The smallest absolute Gasteiger partial charge is 0.374 e. The molecule has 0 radical (unpaired) electrons. The highest BCUT2D eigenvalue weighted by Gasteiger charge is 2.72. The Morgan fingerprint density at radius 1 is 0.311 bits per heavy atom. The van der Waals surface area contributed by atoms with E-state index in [1.54, 1.807) is 0 Å². The summed E-state index contributed by atoms with van der Waals surface area (Å²) in [6, 6.07) is 3.05. The van der Waals surface area contributed by atoms with E-state index in [0.717, 1.165) is 51.4 Å². The Balaban J connectivity index is 2.83. The second kappa shape index (κ2) is 19.9. The summed E-state index contributed by atoms with van der Waals surface area (Å²) in [5, 5.41) is 0. The molecule has 0 aromatic heterocycles. The molecule has 0 amide bonds. The molecule has 11 nitrogen and oxygen atoms in total. The maximum Gasteiger partial charge on any atom is 0.485 e.